The second kappa shape index (κ2) is 8.79. The SMILES string of the molecule is O=C(CN1CCN(S(=O)(=O)c2cc(C(F)(F)F)ccc2Cl)CC1)N1CCCCC1. The molecule has 11 heteroatoms. The van der Waals surface area contributed by atoms with Crippen LogP contribution < -0.4 is 0 Å². The summed E-state index contributed by atoms with van der Waals surface area (Å²) in [4.78, 5) is 15.5. The van der Waals surface area contributed by atoms with Gasteiger partial charge < -0.3 is 4.90 Å². The van der Waals surface area contributed by atoms with Crippen LogP contribution in [-0.2, 0) is 21.0 Å². The first-order valence-electron chi connectivity index (χ1n) is 9.46. The number of rotatable bonds is 4. The number of piperidine rings is 1. The van der Waals surface area contributed by atoms with E-state index in [4.69, 9.17) is 11.6 Å². The fourth-order valence-corrected chi connectivity index (χ4v) is 5.50. The predicted molar refractivity (Wildman–Crippen MR) is 102 cm³/mol. The van der Waals surface area contributed by atoms with Gasteiger partial charge in [0, 0.05) is 39.3 Å². The Bertz CT molecular complexity index is 850. The van der Waals surface area contributed by atoms with Crippen molar-refractivity contribution in [2.75, 3.05) is 45.8 Å². The Hall–Kier alpha value is -1.36. The average molecular weight is 454 g/mol. The van der Waals surface area contributed by atoms with Gasteiger partial charge in [-0.1, -0.05) is 11.6 Å². The lowest BCUT2D eigenvalue weighted by Crippen LogP contribution is -2.52. The lowest BCUT2D eigenvalue weighted by atomic mass is 10.1. The van der Waals surface area contributed by atoms with Crippen LogP contribution in [0.5, 0.6) is 0 Å². The number of likely N-dealkylation sites (tertiary alicyclic amines) is 1. The maximum Gasteiger partial charge on any atom is 0.416 e. The van der Waals surface area contributed by atoms with Gasteiger partial charge in [-0.25, -0.2) is 8.42 Å². The zero-order valence-corrected chi connectivity index (χ0v) is 17.4. The number of carbonyl (C=O) groups is 1. The van der Waals surface area contributed by atoms with Gasteiger partial charge >= 0.3 is 6.18 Å². The van der Waals surface area contributed by atoms with E-state index in [0.717, 1.165) is 48.8 Å². The van der Waals surface area contributed by atoms with Crippen molar-refractivity contribution < 1.29 is 26.4 Å². The molecule has 0 bridgehead atoms. The zero-order chi connectivity index (χ0) is 21.2. The van der Waals surface area contributed by atoms with Crippen molar-refractivity contribution in [2.24, 2.45) is 0 Å². The Labute approximate surface area is 173 Å². The molecule has 2 aliphatic rings. The Morgan fingerprint density at radius 1 is 1.00 bits per heavy atom. The quantitative estimate of drug-likeness (QED) is 0.703. The Morgan fingerprint density at radius 3 is 2.21 bits per heavy atom. The van der Waals surface area contributed by atoms with Crippen LogP contribution in [0.2, 0.25) is 5.02 Å². The monoisotopic (exact) mass is 453 g/mol. The third-order valence-electron chi connectivity index (χ3n) is 5.28. The van der Waals surface area contributed by atoms with Crippen LogP contribution in [0.25, 0.3) is 0 Å². The molecule has 29 heavy (non-hydrogen) atoms. The highest BCUT2D eigenvalue weighted by Gasteiger charge is 2.35. The van der Waals surface area contributed by atoms with Crippen molar-refractivity contribution in [3.05, 3.63) is 28.8 Å². The molecular weight excluding hydrogens is 431 g/mol. The van der Waals surface area contributed by atoms with Crippen LogP contribution in [0.15, 0.2) is 23.1 Å². The molecule has 3 rings (SSSR count). The summed E-state index contributed by atoms with van der Waals surface area (Å²) in [7, 11) is -4.17. The standard InChI is InChI=1S/C18H23ClF3N3O3S/c19-15-5-4-14(18(20,21)22)12-16(15)29(27,28)25-10-8-23(9-11-25)13-17(26)24-6-2-1-3-7-24/h4-5,12H,1-3,6-11,13H2. The van der Waals surface area contributed by atoms with Gasteiger partial charge in [0.25, 0.3) is 0 Å². The van der Waals surface area contributed by atoms with Gasteiger partial charge in [-0.05, 0) is 37.5 Å². The first-order chi connectivity index (χ1) is 13.6. The Morgan fingerprint density at radius 2 is 1.62 bits per heavy atom. The Balaban J connectivity index is 1.65. The molecular formula is C18H23ClF3N3O3S. The van der Waals surface area contributed by atoms with Gasteiger partial charge in [0.15, 0.2) is 0 Å². The molecule has 2 fully saturated rings. The topological polar surface area (TPSA) is 60.9 Å². The van der Waals surface area contributed by atoms with E-state index >= 15 is 0 Å². The summed E-state index contributed by atoms with van der Waals surface area (Å²) < 4.78 is 65.7. The predicted octanol–water partition coefficient (Wildman–Crippen LogP) is 2.68. The minimum Gasteiger partial charge on any atom is -0.342 e. The third kappa shape index (κ3) is 5.22. The van der Waals surface area contributed by atoms with Gasteiger partial charge in [0.1, 0.15) is 4.90 Å². The molecule has 2 heterocycles. The lowest BCUT2D eigenvalue weighted by molar-refractivity contribution is -0.137. The number of piperazine rings is 1. The van der Waals surface area contributed by atoms with E-state index in [2.05, 4.69) is 0 Å². The summed E-state index contributed by atoms with van der Waals surface area (Å²) in [6.45, 7) is 2.55. The summed E-state index contributed by atoms with van der Waals surface area (Å²) in [6, 6.07) is 2.28. The number of sulfonamides is 1. The molecule has 0 atom stereocenters. The highest BCUT2D eigenvalue weighted by atomic mass is 35.5. The average Bonchev–Trinajstić information content (AvgIpc) is 2.68. The van der Waals surface area contributed by atoms with Crippen molar-refractivity contribution in [3.8, 4) is 0 Å². The number of amides is 1. The third-order valence-corrected chi connectivity index (χ3v) is 7.66. The normalized spacial score (nSPS) is 20.1. The molecule has 162 valence electrons. The molecule has 0 saturated carbocycles. The molecule has 0 aliphatic carbocycles. The molecule has 0 aromatic heterocycles. The molecule has 0 unspecified atom stereocenters. The maximum absolute atomic E-state index is 13.0. The molecule has 0 spiro atoms. The molecule has 1 aromatic rings. The van der Waals surface area contributed by atoms with Crippen molar-refractivity contribution in [2.45, 2.75) is 30.3 Å². The van der Waals surface area contributed by atoms with Crippen LogP contribution in [0, 0.1) is 0 Å². The van der Waals surface area contributed by atoms with E-state index in [9.17, 15) is 26.4 Å². The first-order valence-corrected chi connectivity index (χ1v) is 11.3. The highest BCUT2D eigenvalue weighted by molar-refractivity contribution is 7.89. The summed E-state index contributed by atoms with van der Waals surface area (Å²) in [6.07, 6.45) is -1.55. The van der Waals surface area contributed by atoms with Gasteiger partial charge in [-0.2, -0.15) is 17.5 Å². The Kier molecular flexibility index (Phi) is 6.77. The van der Waals surface area contributed by atoms with E-state index in [1.807, 2.05) is 9.80 Å². The summed E-state index contributed by atoms with van der Waals surface area (Å²) >= 11 is 5.90. The molecule has 0 N–H and O–H groups in total. The zero-order valence-electron chi connectivity index (χ0n) is 15.8. The van der Waals surface area contributed by atoms with Gasteiger partial charge in [-0.15, -0.1) is 0 Å². The van der Waals surface area contributed by atoms with Crippen molar-refractivity contribution in [1.29, 1.82) is 0 Å². The minimum atomic E-state index is -4.66. The van der Waals surface area contributed by atoms with Gasteiger partial charge in [-0.3, -0.25) is 9.69 Å². The fraction of sp³-hybridized carbons (Fsp3) is 0.611. The fourth-order valence-electron chi connectivity index (χ4n) is 3.58. The van der Waals surface area contributed by atoms with Crippen LogP contribution >= 0.6 is 11.6 Å². The van der Waals surface area contributed by atoms with E-state index in [0.29, 0.717) is 19.2 Å². The second-order valence-corrected chi connectivity index (χ2v) is 9.58. The number of nitrogens with zero attached hydrogens (tertiary/aromatic N) is 3. The second-order valence-electron chi connectivity index (χ2n) is 7.26. The molecule has 0 radical (unpaired) electrons. The summed E-state index contributed by atoms with van der Waals surface area (Å²) in [5.41, 5.74) is -1.06. The van der Waals surface area contributed by atoms with Gasteiger partial charge in [0.2, 0.25) is 15.9 Å². The number of halogens is 4. The number of benzene rings is 1. The summed E-state index contributed by atoms with van der Waals surface area (Å²) in [5.74, 6) is 0.0296. The van der Waals surface area contributed by atoms with E-state index in [1.165, 1.54) is 0 Å². The van der Waals surface area contributed by atoms with Crippen LogP contribution in [-0.4, -0.2) is 74.2 Å². The summed E-state index contributed by atoms with van der Waals surface area (Å²) in [5, 5.41) is -0.249. The van der Waals surface area contributed by atoms with Crippen molar-refractivity contribution in [3.63, 3.8) is 0 Å². The number of hydrogen-bond acceptors (Lipinski definition) is 4. The van der Waals surface area contributed by atoms with Crippen LogP contribution in [0.1, 0.15) is 24.8 Å². The highest BCUT2D eigenvalue weighted by Crippen LogP contribution is 2.34. The van der Waals surface area contributed by atoms with Crippen molar-refractivity contribution in [1.82, 2.24) is 14.1 Å². The maximum atomic E-state index is 13.0. The van der Waals surface area contributed by atoms with Crippen LogP contribution in [0.4, 0.5) is 13.2 Å². The van der Waals surface area contributed by atoms with E-state index in [-0.39, 0.29) is 30.6 Å². The lowest BCUT2D eigenvalue weighted by Gasteiger charge is -2.35. The van der Waals surface area contributed by atoms with Crippen molar-refractivity contribution >= 4 is 27.5 Å². The van der Waals surface area contributed by atoms with E-state index in [1.54, 1.807) is 0 Å². The molecule has 1 amide bonds. The molecule has 6 nitrogen and oxygen atoms in total. The van der Waals surface area contributed by atoms with Crippen LogP contribution in [0.3, 0.4) is 0 Å². The van der Waals surface area contributed by atoms with Gasteiger partial charge in [0.05, 0.1) is 17.1 Å². The van der Waals surface area contributed by atoms with E-state index < -0.39 is 26.7 Å². The largest absolute Gasteiger partial charge is 0.416 e. The molecule has 2 aliphatic heterocycles. The molecule has 2 saturated heterocycles. The number of hydrogen-bond donors (Lipinski definition) is 0. The number of carbonyl (C=O) groups excluding carboxylic acids is 1. The minimum absolute atomic E-state index is 0.0296. The molecule has 1 aromatic carbocycles. The number of alkyl halides is 3. The first kappa shape index (κ1) is 22.3. The smallest absolute Gasteiger partial charge is 0.342 e.